The Morgan fingerprint density at radius 1 is 1.11 bits per heavy atom. The summed E-state index contributed by atoms with van der Waals surface area (Å²) in [6.07, 6.45) is 1.55. The summed E-state index contributed by atoms with van der Waals surface area (Å²) in [4.78, 5) is 4.23. The molecule has 0 amide bonds. The van der Waals surface area contributed by atoms with Crippen molar-refractivity contribution in [2.75, 3.05) is 0 Å². The van der Waals surface area contributed by atoms with Gasteiger partial charge < -0.3 is 9.31 Å². The lowest BCUT2D eigenvalue weighted by Gasteiger charge is -2.32. The van der Waals surface area contributed by atoms with Crippen molar-refractivity contribution in [2.24, 2.45) is 0 Å². The number of hydrogen-bond donors (Lipinski definition) is 0. The van der Waals surface area contributed by atoms with Crippen LogP contribution in [-0.2, 0) is 9.31 Å². The number of rotatable bonds is 1. The minimum Gasteiger partial charge on any atom is -0.399 e. The van der Waals surface area contributed by atoms with E-state index in [1.54, 1.807) is 10.8 Å². The zero-order valence-corrected chi connectivity index (χ0v) is 12.0. The van der Waals surface area contributed by atoms with Gasteiger partial charge in [0.25, 0.3) is 0 Å². The van der Waals surface area contributed by atoms with Crippen molar-refractivity contribution in [1.82, 2.24) is 14.6 Å². The van der Waals surface area contributed by atoms with Crippen molar-refractivity contribution in [3.8, 4) is 0 Å². The van der Waals surface area contributed by atoms with Gasteiger partial charge in [0.15, 0.2) is 5.65 Å². The Morgan fingerprint density at radius 2 is 1.74 bits per heavy atom. The van der Waals surface area contributed by atoms with E-state index in [9.17, 15) is 0 Å². The van der Waals surface area contributed by atoms with Crippen LogP contribution in [0.4, 0.5) is 0 Å². The Labute approximate surface area is 113 Å². The van der Waals surface area contributed by atoms with Crippen molar-refractivity contribution < 1.29 is 9.31 Å². The second kappa shape index (κ2) is 3.80. The van der Waals surface area contributed by atoms with Crippen LogP contribution in [0.2, 0.25) is 0 Å². The van der Waals surface area contributed by atoms with Gasteiger partial charge in [-0.3, -0.25) is 0 Å². The van der Waals surface area contributed by atoms with E-state index in [0.29, 0.717) is 0 Å². The van der Waals surface area contributed by atoms with Crippen LogP contribution in [0.25, 0.3) is 5.65 Å². The molecule has 3 heterocycles. The third-order valence-electron chi connectivity index (χ3n) is 4.10. The molecule has 0 spiro atoms. The molecule has 1 aliphatic heterocycles. The number of hydrogen-bond acceptors (Lipinski definition) is 4. The summed E-state index contributed by atoms with van der Waals surface area (Å²) in [7, 11) is -0.356. The molecule has 6 heteroatoms. The maximum absolute atomic E-state index is 6.05. The quantitative estimate of drug-likeness (QED) is 0.725. The fraction of sp³-hybridized carbons (Fsp3) is 0.538. The van der Waals surface area contributed by atoms with Gasteiger partial charge in [0.1, 0.15) is 6.33 Å². The third kappa shape index (κ3) is 1.86. The minimum atomic E-state index is -0.356. The molecule has 3 rings (SSSR count). The van der Waals surface area contributed by atoms with Crippen LogP contribution >= 0.6 is 0 Å². The smallest absolute Gasteiger partial charge is 0.399 e. The standard InChI is InChI=1S/C13H18BN3O2/c1-9-6-10(7-11-15-8-16-17(9)11)14-18-12(2,3)13(4,5)19-14/h6-8H,1-5H3. The third-order valence-corrected chi connectivity index (χ3v) is 4.10. The van der Waals surface area contributed by atoms with E-state index in [-0.39, 0.29) is 18.3 Å². The van der Waals surface area contributed by atoms with Crippen molar-refractivity contribution in [1.29, 1.82) is 0 Å². The molecular weight excluding hydrogens is 241 g/mol. The highest BCUT2D eigenvalue weighted by Crippen LogP contribution is 2.36. The van der Waals surface area contributed by atoms with Crippen molar-refractivity contribution >= 4 is 18.2 Å². The highest BCUT2D eigenvalue weighted by Gasteiger charge is 2.51. The number of pyridine rings is 1. The summed E-state index contributed by atoms with van der Waals surface area (Å²) < 4.78 is 13.9. The largest absolute Gasteiger partial charge is 0.495 e. The molecule has 2 aromatic rings. The van der Waals surface area contributed by atoms with Gasteiger partial charge >= 0.3 is 7.12 Å². The first-order chi connectivity index (χ1) is 8.80. The first-order valence-corrected chi connectivity index (χ1v) is 6.46. The lowest BCUT2D eigenvalue weighted by atomic mass is 9.79. The summed E-state index contributed by atoms with van der Waals surface area (Å²) in [6, 6.07) is 3.99. The SMILES string of the molecule is Cc1cc(B2OC(C)(C)C(C)(C)O2)cc2ncnn12. The van der Waals surface area contributed by atoms with E-state index >= 15 is 0 Å². The fourth-order valence-electron chi connectivity index (χ4n) is 2.23. The van der Waals surface area contributed by atoms with E-state index in [1.807, 2.05) is 19.1 Å². The molecule has 1 saturated heterocycles. The molecule has 0 saturated carbocycles. The monoisotopic (exact) mass is 259 g/mol. The van der Waals surface area contributed by atoms with Crippen LogP contribution in [0.1, 0.15) is 33.4 Å². The molecule has 19 heavy (non-hydrogen) atoms. The number of fused-ring (bicyclic) bond motifs is 1. The first-order valence-electron chi connectivity index (χ1n) is 6.46. The summed E-state index contributed by atoms with van der Waals surface area (Å²) >= 11 is 0. The predicted octanol–water partition coefficient (Wildman–Crippen LogP) is 1.34. The predicted molar refractivity (Wildman–Crippen MR) is 73.4 cm³/mol. The molecule has 0 N–H and O–H groups in total. The average molecular weight is 259 g/mol. The van der Waals surface area contributed by atoms with E-state index in [4.69, 9.17) is 9.31 Å². The topological polar surface area (TPSA) is 48.7 Å². The lowest BCUT2D eigenvalue weighted by molar-refractivity contribution is 0.00578. The maximum atomic E-state index is 6.05. The van der Waals surface area contributed by atoms with Gasteiger partial charge in [-0.15, -0.1) is 0 Å². The molecule has 1 fully saturated rings. The lowest BCUT2D eigenvalue weighted by Crippen LogP contribution is -2.41. The van der Waals surface area contributed by atoms with Crippen LogP contribution in [0.5, 0.6) is 0 Å². The van der Waals surface area contributed by atoms with E-state index < -0.39 is 0 Å². The van der Waals surface area contributed by atoms with Crippen molar-refractivity contribution in [2.45, 2.75) is 45.8 Å². The second-order valence-electron chi connectivity index (χ2n) is 6.05. The zero-order valence-electron chi connectivity index (χ0n) is 12.0. The van der Waals surface area contributed by atoms with E-state index in [1.165, 1.54) is 0 Å². The zero-order chi connectivity index (χ0) is 13.8. The summed E-state index contributed by atoms with van der Waals surface area (Å²) in [5, 5.41) is 4.17. The summed E-state index contributed by atoms with van der Waals surface area (Å²) in [5.41, 5.74) is 2.15. The molecule has 0 radical (unpaired) electrons. The molecule has 100 valence electrons. The number of aryl methyl sites for hydroxylation is 1. The van der Waals surface area contributed by atoms with Gasteiger partial charge in [0, 0.05) is 5.69 Å². The van der Waals surface area contributed by atoms with Crippen LogP contribution in [0, 0.1) is 6.92 Å². The molecule has 0 atom stereocenters. The molecule has 0 aliphatic carbocycles. The van der Waals surface area contributed by atoms with Gasteiger partial charge in [-0.2, -0.15) is 5.10 Å². The normalized spacial score (nSPS) is 21.2. The van der Waals surface area contributed by atoms with Crippen molar-refractivity contribution in [3.05, 3.63) is 24.2 Å². The maximum Gasteiger partial charge on any atom is 0.495 e. The van der Waals surface area contributed by atoms with Crippen LogP contribution in [0.3, 0.4) is 0 Å². The summed E-state index contributed by atoms with van der Waals surface area (Å²) in [6.45, 7) is 10.2. The van der Waals surface area contributed by atoms with Crippen molar-refractivity contribution in [3.63, 3.8) is 0 Å². The molecule has 0 bridgehead atoms. The van der Waals surface area contributed by atoms with Crippen LogP contribution < -0.4 is 5.46 Å². The number of aromatic nitrogens is 3. The average Bonchev–Trinajstić information content (AvgIpc) is 2.82. The Kier molecular flexibility index (Phi) is 2.53. The molecule has 0 aromatic carbocycles. The van der Waals surface area contributed by atoms with Gasteiger partial charge in [-0.05, 0) is 52.2 Å². The number of nitrogens with zero attached hydrogens (tertiary/aromatic N) is 3. The van der Waals surface area contributed by atoms with E-state index in [2.05, 4.69) is 37.8 Å². The van der Waals surface area contributed by atoms with E-state index in [0.717, 1.165) is 16.8 Å². The van der Waals surface area contributed by atoms with Gasteiger partial charge in [-0.1, -0.05) is 0 Å². The highest BCUT2D eigenvalue weighted by molar-refractivity contribution is 6.62. The Morgan fingerprint density at radius 3 is 2.37 bits per heavy atom. The van der Waals surface area contributed by atoms with Gasteiger partial charge in [-0.25, -0.2) is 9.50 Å². The fourth-order valence-corrected chi connectivity index (χ4v) is 2.23. The molecule has 0 unspecified atom stereocenters. The molecule has 1 aliphatic rings. The van der Waals surface area contributed by atoms with Crippen LogP contribution in [-0.4, -0.2) is 32.9 Å². The first kappa shape index (κ1) is 12.6. The highest BCUT2D eigenvalue weighted by atomic mass is 16.7. The minimum absolute atomic E-state index is 0.328. The molecule has 5 nitrogen and oxygen atoms in total. The molecule has 2 aromatic heterocycles. The van der Waals surface area contributed by atoms with Crippen LogP contribution in [0.15, 0.2) is 18.5 Å². The molecular formula is C13H18BN3O2. The Balaban J connectivity index is 2.02. The summed E-state index contributed by atoms with van der Waals surface area (Å²) in [5.74, 6) is 0. The second-order valence-corrected chi connectivity index (χ2v) is 6.05. The Hall–Kier alpha value is -1.40. The van der Waals surface area contributed by atoms with Gasteiger partial charge in [0.2, 0.25) is 0 Å². The van der Waals surface area contributed by atoms with Gasteiger partial charge in [0.05, 0.1) is 11.2 Å². The Bertz CT molecular complexity index is 620.